The van der Waals surface area contributed by atoms with Gasteiger partial charge in [-0.05, 0) is 13.3 Å². The number of nitrogens with zero attached hydrogens (tertiary/aromatic N) is 3. The van der Waals surface area contributed by atoms with Gasteiger partial charge < -0.3 is 10.3 Å². The molecular formula is C12H19N5O2S. The van der Waals surface area contributed by atoms with Crippen LogP contribution in [0.5, 0.6) is 0 Å². The van der Waals surface area contributed by atoms with E-state index in [9.17, 15) is 10.1 Å². The first kappa shape index (κ1) is 14.8. The Balaban J connectivity index is 1.69. The van der Waals surface area contributed by atoms with Crippen LogP contribution in [-0.2, 0) is 5.75 Å². The highest BCUT2D eigenvalue weighted by molar-refractivity contribution is 7.98. The maximum absolute atomic E-state index is 10.9. The van der Waals surface area contributed by atoms with Gasteiger partial charge in [0.1, 0.15) is 0 Å². The standard InChI is InChI=1S/C12H19N5O2S/c1-9-10(16-8-15-9)7-20-6-5-14-12-11(17(18)19)3-2-4-13-12/h8,11H,2-7H2,1H3,(H,13,14)(H,15,16). The lowest BCUT2D eigenvalue weighted by Crippen LogP contribution is -2.42. The van der Waals surface area contributed by atoms with Crippen molar-refractivity contribution < 1.29 is 4.92 Å². The highest BCUT2D eigenvalue weighted by atomic mass is 32.2. The van der Waals surface area contributed by atoms with Crippen LogP contribution in [0.2, 0.25) is 0 Å². The van der Waals surface area contributed by atoms with E-state index in [2.05, 4.69) is 20.3 Å². The van der Waals surface area contributed by atoms with Gasteiger partial charge in [0.15, 0.2) is 5.84 Å². The smallest absolute Gasteiger partial charge is 0.269 e. The van der Waals surface area contributed by atoms with Crippen molar-refractivity contribution in [3.63, 3.8) is 0 Å². The maximum atomic E-state index is 10.9. The van der Waals surface area contributed by atoms with Crippen LogP contribution >= 0.6 is 11.8 Å². The molecule has 110 valence electrons. The van der Waals surface area contributed by atoms with Gasteiger partial charge in [-0.15, -0.1) is 0 Å². The molecule has 0 radical (unpaired) electrons. The lowest BCUT2D eigenvalue weighted by Gasteiger charge is -2.17. The number of aliphatic imine (C=N–C) groups is 1. The molecule has 1 unspecified atom stereocenters. The summed E-state index contributed by atoms with van der Waals surface area (Å²) in [6.07, 6.45) is 3.07. The number of aromatic nitrogens is 2. The second kappa shape index (κ2) is 7.28. The molecule has 1 aliphatic rings. The van der Waals surface area contributed by atoms with E-state index in [1.54, 1.807) is 18.1 Å². The van der Waals surface area contributed by atoms with Gasteiger partial charge in [-0.25, -0.2) is 4.98 Å². The number of rotatable bonds is 6. The Labute approximate surface area is 121 Å². The van der Waals surface area contributed by atoms with Crippen molar-refractivity contribution in [3.05, 3.63) is 27.8 Å². The third-order valence-electron chi connectivity index (χ3n) is 3.21. The number of hydrogen-bond acceptors (Lipinski definition) is 6. The van der Waals surface area contributed by atoms with E-state index in [1.165, 1.54) is 0 Å². The zero-order valence-electron chi connectivity index (χ0n) is 11.5. The summed E-state index contributed by atoms with van der Waals surface area (Å²) in [4.78, 5) is 22.2. The molecule has 0 spiro atoms. The first-order chi connectivity index (χ1) is 9.68. The highest BCUT2D eigenvalue weighted by Gasteiger charge is 2.28. The number of thioether (sulfide) groups is 1. The van der Waals surface area contributed by atoms with E-state index in [0.29, 0.717) is 25.3 Å². The second-order valence-electron chi connectivity index (χ2n) is 4.66. The van der Waals surface area contributed by atoms with Crippen LogP contribution in [0.3, 0.4) is 0 Å². The van der Waals surface area contributed by atoms with Crippen molar-refractivity contribution >= 4 is 17.6 Å². The van der Waals surface area contributed by atoms with Crippen LogP contribution in [0, 0.1) is 17.0 Å². The normalized spacial score (nSPS) is 18.6. The summed E-state index contributed by atoms with van der Waals surface area (Å²) in [5.74, 6) is 2.26. The first-order valence-corrected chi connectivity index (χ1v) is 7.82. The summed E-state index contributed by atoms with van der Waals surface area (Å²) < 4.78 is 0. The summed E-state index contributed by atoms with van der Waals surface area (Å²) >= 11 is 1.75. The average Bonchev–Trinajstić information content (AvgIpc) is 2.84. The maximum Gasteiger partial charge on any atom is 0.269 e. The fourth-order valence-electron chi connectivity index (χ4n) is 2.06. The van der Waals surface area contributed by atoms with E-state index in [4.69, 9.17) is 0 Å². The number of amidine groups is 1. The molecule has 1 aliphatic heterocycles. The van der Waals surface area contributed by atoms with Crippen LogP contribution in [0.4, 0.5) is 0 Å². The Morgan fingerprint density at radius 3 is 3.20 bits per heavy atom. The minimum Gasteiger partial charge on any atom is -0.367 e. The van der Waals surface area contributed by atoms with Crippen LogP contribution < -0.4 is 5.32 Å². The van der Waals surface area contributed by atoms with Crippen molar-refractivity contribution in [1.82, 2.24) is 15.3 Å². The predicted octanol–water partition coefficient (Wildman–Crippen LogP) is 1.38. The third-order valence-corrected chi connectivity index (χ3v) is 4.18. The number of imidazole rings is 1. The summed E-state index contributed by atoms with van der Waals surface area (Å²) in [5.41, 5.74) is 2.16. The molecule has 0 aliphatic carbocycles. The van der Waals surface area contributed by atoms with E-state index >= 15 is 0 Å². The minimum absolute atomic E-state index is 0.245. The van der Waals surface area contributed by atoms with E-state index in [1.807, 2.05) is 6.92 Å². The van der Waals surface area contributed by atoms with Crippen molar-refractivity contribution in [1.29, 1.82) is 0 Å². The molecule has 0 fully saturated rings. The van der Waals surface area contributed by atoms with Crippen LogP contribution in [0.25, 0.3) is 0 Å². The molecule has 0 bridgehead atoms. The summed E-state index contributed by atoms with van der Waals surface area (Å²) in [6, 6.07) is -0.651. The Morgan fingerprint density at radius 1 is 1.65 bits per heavy atom. The Bertz CT molecular complexity index is 488. The van der Waals surface area contributed by atoms with Gasteiger partial charge in [0.25, 0.3) is 6.04 Å². The van der Waals surface area contributed by atoms with E-state index in [-0.39, 0.29) is 4.92 Å². The van der Waals surface area contributed by atoms with Gasteiger partial charge in [-0.3, -0.25) is 15.1 Å². The minimum atomic E-state index is -0.651. The fourth-order valence-corrected chi connectivity index (χ4v) is 2.93. The molecule has 0 aromatic carbocycles. The van der Waals surface area contributed by atoms with Crippen molar-refractivity contribution in [2.24, 2.45) is 4.99 Å². The molecule has 0 amide bonds. The summed E-state index contributed by atoms with van der Waals surface area (Å²) in [5, 5.41) is 14.0. The Kier molecular flexibility index (Phi) is 5.40. The largest absolute Gasteiger partial charge is 0.367 e. The molecule has 20 heavy (non-hydrogen) atoms. The molecule has 2 N–H and O–H groups in total. The van der Waals surface area contributed by atoms with E-state index < -0.39 is 6.04 Å². The number of aromatic amines is 1. The molecule has 7 nitrogen and oxygen atoms in total. The highest BCUT2D eigenvalue weighted by Crippen LogP contribution is 2.12. The number of hydrogen-bond donors (Lipinski definition) is 2. The molecule has 1 aromatic rings. The third kappa shape index (κ3) is 3.96. The lowest BCUT2D eigenvalue weighted by molar-refractivity contribution is -0.504. The number of aryl methyl sites for hydroxylation is 1. The number of nitro groups is 1. The zero-order chi connectivity index (χ0) is 14.4. The Morgan fingerprint density at radius 2 is 2.50 bits per heavy atom. The van der Waals surface area contributed by atoms with Gasteiger partial charge in [-0.1, -0.05) is 0 Å². The van der Waals surface area contributed by atoms with Crippen LogP contribution in [-0.4, -0.2) is 45.6 Å². The van der Waals surface area contributed by atoms with Crippen molar-refractivity contribution in [3.8, 4) is 0 Å². The van der Waals surface area contributed by atoms with Crippen molar-refractivity contribution in [2.45, 2.75) is 31.6 Å². The molecule has 8 heteroatoms. The molecule has 2 heterocycles. The van der Waals surface area contributed by atoms with Crippen LogP contribution in [0.1, 0.15) is 24.2 Å². The number of nitrogens with one attached hydrogen (secondary N) is 2. The van der Waals surface area contributed by atoms with E-state index in [0.717, 1.165) is 29.3 Å². The molecular weight excluding hydrogens is 278 g/mol. The zero-order valence-corrected chi connectivity index (χ0v) is 12.3. The van der Waals surface area contributed by atoms with Gasteiger partial charge in [0.05, 0.1) is 12.0 Å². The van der Waals surface area contributed by atoms with Crippen molar-refractivity contribution in [2.75, 3.05) is 18.8 Å². The molecule has 1 atom stereocenters. The molecule has 0 saturated heterocycles. The van der Waals surface area contributed by atoms with Gasteiger partial charge in [-0.2, -0.15) is 11.8 Å². The fraction of sp³-hybridized carbons (Fsp3) is 0.667. The average molecular weight is 297 g/mol. The van der Waals surface area contributed by atoms with Gasteiger partial charge in [0.2, 0.25) is 0 Å². The van der Waals surface area contributed by atoms with Gasteiger partial charge >= 0.3 is 0 Å². The predicted molar refractivity (Wildman–Crippen MR) is 79.8 cm³/mol. The SMILES string of the molecule is Cc1[nH]cnc1CSCCNC1=NCCCC1[N+](=O)[O-]. The number of H-pyrrole nitrogens is 1. The Hall–Kier alpha value is -1.57. The molecule has 1 aromatic heterocycles. The molecule has 0 saturated carbocycles. The summed E-state index contributed by atoms with van der Waals surface area (Å²) in [7, 11) is 0. The molecule has 2 rings (SSSR count). The van der Waals surface area contributed by atoms with Crippen LogP contribution in [0.15, 0.2) is 11.3 Å². The quantitative estimate of drug-likeness (QED) is 0.470. The topological polar surface area (TPSA) is 96.2 Å². The second-order valence-corrected chi connectivity index (χ2v) is 5.77. The lowest BCUT2D eigenvalue weighted by atomic mass is 10.1. The monoisotopic (exact) mass is 297 g/mol. The summed E-state index contributed by atoms with van der Waals surface area (Å²) in [6.45, 7) is 3.38. The first-order valence-electron chi connectivity index (χ1n) is 6.67. The van der Waals surface area contributed by atoms with Gasteiger partial charge in [0, 0.05) is 41.6 Å².